The second kappa shape index (κ2) is 9.57. The number of nitrogens with zero attached hydrogens (tertiary/aromatic N) is 1. The van der Waals surface area contributed by atoms with Gasteiger partial charge in [0.25, 0.3) is 5.91 Å². The summed E-state index contributed by atoms with van der Waals surface area (Å²) >= 11 is 12.2. The minimum absolute atomic E-state index is 0.170. The van der Waals surface area contributed by atoms with Gasteiger partial charge in [0, 0.05) is 24.3 Å². The van der Waals surface area contributed by atoms with E-state index in [1.54, 1.807) is 30.3 Å². The van der Waals surface area contributed by atoms with Gasteiger partial charge < -0.3 is 10.6 Å². The maximum absolute atomic E-state index is 12.3. The molecular formula is C19H21Cl2N3O2. The van der Waals surface area contributed by atoms with Gasteiger partial charge in [0.1, 0.15) is 0 Å². The molecule has 138 valence electrons. The van der Waals surface area contributed by atoms with Crippen molar-refractivity contribution in [3.05, 3.63) is 63.6 Å². The van der Waals surface area contributed by atoms with Crippen LogP contribution in [0.2, 0.25) is 10.0 Å². The summed E-state index contributed by atoms with van der Waals surface area (Å²) in [6.45, 7) is 3.07. The van der Waals surface area contributed by atoms with Crippen molar-refractivity contribution < 1.29 is 9.59 Å². The van der Waals surface area contributed by atoms with Crippen LogP contribution in [-0.2, 0) is 11.3 Å². The normalized spacial score (nSPS) is 10.7. The Morgan fingerprint density at radius 2 is 1.85 bits per heavy atom. The van der Waals surface area contributed by atoms with Crippen LogP contribution in [0.1, 0.15) is 22.8 Å². The van der Waals surface area contributed by atoms with E-state index in [2.05, 4.69) is 10.6 Å². The molecule has 0 radical (unpaired) electrons. The van der Waals surface area contributed by atoms with Gasteiger partial charge in [-0.05, 0) is 43.8 Å². The Hall–Kier alpha value is -2.08. The molecule has 2 rings (SSSR count). The minimum Gasteiger partial charge on any atom is -0.352 e. The summed E-state index contributed by atoms with van der Waals surface area (Å²) in [5.41, 5.74) is 1.93. The predicted octanol–water partition coefficient (Wildman–Crippen LogP) is 3.81. The third-order valence-electron chi connectivity index (χ3n) is 3.63. The minimum atomic E-state index is -0.182. The molecule has 0 fully saturated rings. The number of nitrogens with one attached hydrogen (secondary N) is 2. The van der Waals surface area contributed by atoms with Crippen molar-refractivity contribution in [1.29, 1.82) is 0 Å². The Kier molecular flexibility index (Phi) is 7.45. The number of halogens is 2. The number of amides is 2. The maximum atomic E-state index is 12.3. The van der Waals surface area contributed by atoms with E-state index in [1.165, 1.54) is 0 Å². The molecule has 0 bridgehead atoms. The zero-order valence-electron chi connectivity index (χ0n) is 14.7. The highest BCUT2D eigenvalue weighted by molar-refractivity contribution is 6.42. The van der Waals surface area contributed by atoms with E-state index in [4.69, 9.17) is 23.2 Å². The van der Waals surface area contributed by atoms with E-state index in [0.29, 0.717) is 34.4 Å². The third kappa shape index (κ3) is 5.73. The second-order valence-electron chi connectivity index (χ2n) is 5.87. The first-order chi connectivity index (χ1) is 12.4. The van der Waals surface area contributed by atoms with Crippen molar-refractivity contribution in [2.24, 2.45) is 0 Å². The lowest BCUT2D eigenvalue weighted by Crippen LogP contribution is -2.30. The van der Waals surface area contributed by atoms with Crippen LogP contribution in [0.4, 0.5) is 5.69 Å². The summed E-state index contributed by atoms with van der Waals surface area (Å²) < 4.78 is 0. The highest BCUT2D eigenvalue weighted by Crippen LogP contribution is 2.26. The van der Waals surface area contributed by atoms with Crippen molar-refractivity contribution in [2.45, 2.75) is 13.5 Å². The molecule has 5 nitrogen and oxygen atoms in total. The van der Waals surface area contributed by atoms with E-state index in [0.717, 1.165) is 5.56 Å². The van der Waals surface area contributed by atoms with E-state index in [-0.39, 0.29) is 18.4 Å². The Morgan fingerprint density at radius 1 is 1.12 bits per heavy atom. The molecular weight excluding hydrogens is 373 g/mol. The maximum Gasteiger partial charge on any atom is 0.251 e. The summed E-state index contributed by atoms with van der Waals surface area (Å²) in [7, 11) is 1.82. The lowest BCUT2D eigenvalue weighted by atomic mass is 10.2. The van der Waals surface area contributed by atoms with Gasteiger partial charge in [-0.1, -0.05) is 41.4 Å². The molecule has 0 aliphatic heterocycles. The van der Waals surface area contributed by atoms with Gasteiger partial charge in [0.15, 0.2) is 0 Å². The summed E-state index contributed by atoms with van der Waals surface area (Å²) in [4.78, 5) is 26.0. The number of likely N-dealkylation sites (N-methyl/N-ethyl adjacent to an activating group) is 1. The van der Waals surface area contributed by atoms with Crippen LogP contribution in [0.15, 0.2) is 42.5 Å². The average molecular weight is 394 g/mol. The smallest absolute Gasteiger partial charge is 0.251 e. The molecule has 0 unspecified atom stereocenters. The van der Waals surface area contributed by atoms with Crippen molar-refractivity contribution >= 4 is 40.7 Å². The van der Waals surface area contributed by atoms with Gasteiger partial charge in [0.05, 0.1) is 16.6 Å². The van der Waals surface area contributed by atoms with Crippen LogP contribution >= 0.6 is 23.2 Å². The molecule has 2 aromatic rings. The Labute approximate surface area is 163 Å². The number of rotatable bonds is 7. The lowest BCUT2D eigenvalue weighted by Gasteiger charge is -2.17. The molecule has 0 aliphatic carbocycles. The Bertz CT molecular complexity index is 796. The number of carbonyl (C=O) groups is 2. The first kappa shape index (κ1) is 20.2. The molecule has 0 atom stereocenters. The summed E-state index contributed by atoms with van der Waals surface area (Å²) in [6.07, 6.45) is 0. The molecule has 0 aliphatic rings. The summed E-state index contributed by atoms with van der Waals surface area (Å²) in [5.74, 6) is -0.352. The molecule has 0 spiro atoms. The largest absolute Gasteiger partial charge is 0.352 e. The first-order valence-electron chi connectivity index (χ1n) is 8.20. The van der Waals surface area contributed by atoms with Crippen molar-refractivity contribution in [3.8, 4) is 0 Å². The fourth-order valence-electron chi connectivity index (χ4n) is 2.46. The molecule has 0 heterocycles. The molecule has 0 aromatic heterocycles. The van der Waals surface area contributed by atoms with Gasteiger partial charge in [0.2, 0.25) is 5.91 Å². The van der Waals surface area contributed by atoms with Crippen LogP contribution in [-0.4, -0.2) is 36.9 Å². The molecule has 2 N–H and O–H groups in total. The third-order valence-corrected chi connectivity index (χ3v) is 4.49. The summed E-state index contributed by atoms with van der Waals surface area (Å²) in [5, 5.41) is 6.52. The summed E-state index contributed by atoms with van der Waals surface area (Å²) in [6, 6.07) is 12.2. The number of anilines is 1. The zero-order chi connectivity index (χ0) is 19.1. The molecule has 0 saturated carbocycles. The second-order valence-corrected chi connectivity index (χ2v) is 6.66. The number of carbonyl (C=O) groups excluding carboxylic acids is 2. The van der Waals surface area contributed by atoms with E-state index < -0.39 is 0 Å². The lowest BCUT2D eigenvalue weighted by molar-refractivity contribution is -0.117. The highest BCUT2D eigenvalue weighted by Gasteiger charge is 2.12. The topological polar surface area (TPSA) is 61.4 Å². The van der Waals surface area contributed by atoms with E-state index in [1.807, 2.05) is 31.0 Å². The molecule has 26 heavy (non-hydrogen) atoms. The number of hydrogen-bond donors (Lipinski definition) is 2. The first-order valence-corrected chi connectivity index (χ1v) is 8.95. The monoisotopic (exact) mass is 393 g/mol. The molecule has 2 amide bonds. The van der Waals surface area contributed by atoms with Crippen LogP contribution in [0, 0.1) is 0 Å². The van der Waals surface area contributed by atoms with E-state index >= 15 is 0 Å². The predicted molar refractivity (Wildman–Crippen MR) is 106 cm³/mol. The number of benzene rings is 2. The van der Waals surface area contributed by atoms with Gasteiger partial charge in [-0.3, -0.25) is 14.5 Å². The van der Waals surface area contributed by atoms with Gasteiger partial charge in [-0.25, -0.2) is 0 Å². The van der Waals surface area contributed by atoms with Crippen molar-refractivity contribution in [3.63, 3.8) is 0 Å². The van der Waals surface area contributed by atoms with Crippen molar-refractivity contribution in [1.82, 2.24) is 10.2 Å². The molecule has 0 saturated heterocycles. The Morgan fingerprint density at radius 3 is 2.58 bits per heavy atom. The van der Waals surface area contributed by atoms with Crippen LogP contribution in [0.25, 0.3) is 0 Å². The van der Waals surface area contributed by atoms with Crippen LogP contribution in [0.5, 0.6) is 0 Å². The van der Waals surface area contributed by atoms with Gasteiger partial charge in [-0.15, -0.1) is 0 Å². The average Bonchev–Trinajstić information content (AvgIpc) is 2.59. The molecule has 2 aromatic carbocycles. The van der Waals surface area contributed by atoms with Crippen LogP contribution < -0.4 is 10.6 Å². The zero-order valence-corrected chi connectivity index (χ0v) is 16.2. The molecule has 7 heteroatoms. The quantitative estimate of drug-likeness (QED) is 0.751. The van der Waals surface area contributed by atoms with Crippen molar-refractivity contribution in [2.75, 3.05) is 25.5 Å². The SMILES string of the molecule is CCNC(=O)c1cccc(NC(=O)CN(C)Cc2cccc(Cl)c2Cl)c1. The van der Waals surface area contributed by atoms with Gasteiger partial charge >= 0.3 is 0 Å². The van der Waals surface area contributed by atoms with Crippen LogP contribution in [0.3, 0.4) is 0 Å². The highest BCUT2D eigenvalue weighted by atomic mass is 35.5. The fraction of sp³-hybridized carbons (Fsp3) is 0.263. The van der Waals surface area contributed by atoms with E-state index in [9.17, 15) is 9.59 Å². The Balaban J connectivity index is 1.95. The number of hydrogen-bond acceptors (Lipinski definition) is 3. The van der Waals surface area contributed by atoms with Gasteiger partial charge in [-0.2, -0.15) is 0 Å². The standard InChI is InChI=1S/C19H21Cl2N3O2/c1-3-22-19(26)13-6-4-8-15(10-13)23-17(25)12-24(2)11-14-7-5-9-16(20)18(14)21/h4-10H,3,11-12H2,1-2H3,(H,22,26)(H,23,25). The fourth-order valence-corrected chi connectivity index (χ4v) is 2.84.